The van der Waals surface area contributed by atoms with E-state index in [-0.39, 0.29) is 0 Å². The highest BCUT2D eigenvalue weighted by molar-refractivity contribution is 5.80. The molecule has 0 heterocycles. The number of allylic oxidation sites excluding steroid dienone is 6. The molecule has 0 aromatic rings. The average Bonchev–Trinajstić information content (AvgIpc) is 3.19. The number of carbonyl (C=O) groups is 1. The first-order valence-electron chi connectivity index (χ1n) is 23.9. The largest absolute Gasteiger partial charge is 0.394 e. The predicted molar refractivity (Wildman–Crippen MR) is 237 cm³/mol. The van der Waals surface area contributed by atoms with E-state index in [1.165, 1.54) is 167 Å². The molecule has 0 radical (unpaired) electrons. The van der Waals surface area contributed by atoms with E-state index in [4.69, 9.17) is 0 Å². The summed E-state index contributed by atoms with van der Waals surface area (Å²) in [7, 11) is 0. The van der Waals surface area contributed by atoms with Crippen LogP contribution in [0.15, 0.2) is 36.5 Å². The number of rotatable bonds is 43. The summed E-state index contributed by atoms with van der Waals surface area (Å²) in [6.45, 7) is 3.99. The van der Waals surface area contributed by atoms with E-state index in [1.807, 2.05) is 0 Å². The van der Waals surface area contributed by atoms with Gasteiger partial charge < -0.3 is 25.7 Å². The Morgan fingerprint density at radius 2 is 0.800 bits per heavy atom. The summed E-state index contributed by atoms with van der Waals surface area (Å²) in [5.41, 5.74) is 0. The van der Waals surface area contributed by atoms with Crippen LogP contribution in [-0.4, -0.2) is 57.3 Å². The van der Waals surface area contributed by atoms with Crippen LogP contribution in [0.3, 0.4) is 0 Å². The van der Waals surface area contributed by atoms with Gasteiger partial charge in [-0.05, 0) is 70.6 Å². The van der Waals surface area contributed by atoms with Crippen molar-refractivity contribution in [2.45, 2.75) is 263 Å². The average molecular weight is 776 g/mol. The van der Waals surface area contributed by atoms with E-state index in [2.05, 4.69) is 55.6 Å². The highest BCUT2D eigenvalue weighted by Gasteiger charge is 2.28. The van der Waals surface area contributed by atoms with Crippen molar-refractivity contribution in [3.05, 3.63) is 36.5 Å². The zero-order valence-electron chi connectivity index (χ0n) is 36.4. The first kappa shape index (κ1) is 53.5. The van der Waals surface area contributed by atoms with E-state index in [1.54, 1.807) is 0 Å². The van der Waals surface area contributed by atoms with Gasteiger partial charge in [-0.3, -0.25) is 4.79 Å². The van der Waals surface area contributed by atoms with Gasteiger partial charge in [0.2, 0.25) is 5.91 Å². The lowest BCUT2D eigenvalue weighted by Gasteiger charge is -2.27. The van der Waals surface area contributed by atoms with E-state index in [0.717, 1.165) is 44.9 Å². The van der Waals surface area contributed by atoms with Gasteiger partial charge >= 0.3 is 0 Å². The number of nitrogens with one attached hydrogen (secondary N) is 1. The molecule has 0 aliphatic carbocycles. The number of hydrogen-bond acceptors (Lipinski definition) is 5. The zero-order chi connectivity index (χ0) is 40.3. The van der Waals surface area contributed by atoms with Crippen molar-refractivity contribution in [1.82, 2.24) is 5.32 Å². The SMILES string of the molecule is CCCCCC/C=C/CCCC(O)C(O)C(CO)NC(=O)C(O)CCCCCCCCCCCCCCCC/C=C\C/C=C\CCCCCCCCCCC. The fourth-order valence-corrected chi connectivity index (χ4v) is 7.26. The lowest BCUT2D eigenvalue weighted by atomic mass is 10.00. The Morgan fingerprint density at radius 3 is 1.22 bits per heavy atom. The normalized spacial score (nSPS) is 14.4. The van der Waals surface area contributed by atoms with Gasteiger partial charge in [0.15, 0.2) is 0 Å². The Hall–Kier alpha value is -1.47. The molecular weight excluding hydrogens is 683 g/mol. The van der Waals surface area contributed by atoms with E-state index < -0.39 is 36.9 Å². The van der Waals surface area contributed by atoms with Crippen molar-refractivity contribution in [2.75, 3.05) is 6.61 Å². The highest BCUT2D eigenvalue weighted by atomic mass is 16.3. The highest BCUT2D eigenvalue weighted by Crippen LogP contribution is 2.16. The smallest absolute Gasteiger partial charge is 0.249 e. The lowest BCUT2D eigenvalue weighted by Crippen LogP contribution is -2.53. The Balaban J connectivity index is 3.60. The molecule has 0 rings (SSSR count). The maximum atomic E-state index is 12.5. The second-order valence-electron chi connectivity index (χ2n) is 16.4. The summed E-state index contributed by atoms with van der Waals surface area (Å²) >= 11 is 0. The first-order valence-corrected chi connectivity index (χ1v) is 23.9. The van der Waals surface area contributed by atoms with Crippen LogP contribution in [0.1, 0.15) is 239 Å². The molecule has 4 atom stereocenters. The van der Waals surface area contributed by atoms with Gasteiger partial charge in [0.05, 0.1) is 18.8 Å². The van der Waals surface area contributed by atoms with Crippen LogP contribution >= 0.6 is 0 Å². The minimum Gasteiger partial charge on any atom is -0.394 e. The Kier molecular flexibility index (Phi) is 42.5. The van der Waals surface area contributed by atoms with Crippen molar-refractivity contribution in [3.63, 3.8) is 0 Å². The summed E-state index contributed by atoms with van der Waals surface area (Å²) in [5.74, 6) is -0.596. The molecule has 0 aromatic carbocycles. The number of unbranched alkanes of at least 4 members (excludes halogenated alkanes) is 28. The van der Waals surface area contributed by atoms with Gasteiger partial charge in [-0.25, -0.2) is 0 Å². The summed E-state index contributed by atoms with van der Waals surface area (Å²) in [6.07, 6.45) is 52.1. The van der Waals surface area contributed by atoms with Gasteiger partial charge in [-0.1, -0.05) is 204 Å². The molecule has 1 amide bonds. The Bertz CT molecular complexity index is 873. The number of aliphatic hydroxyl groups excluding tert-OH is 4. The van der Waals surface area contributed by atoms with Gasteiger partial charge in [0, 0.05) is 0 Å². The summed E-state index contributed by atoms with van der Waals surface area (Å²) in [5, 5.41) is 43.5. The second kappa shape index (κ2) is 43.6. The molecule has 324 valence electrons. The Labute approximate surface area is 341 Å². The van der Waals surface area contributed by atoms with Crippen LogP contribution in [0.2, 0.25) is 0 Å². The fourth-order valence-electron chi connectivity index (χ4n) is 7.26. The predicted octanol–water partition coefficient (Wildman–Crippen LogP) is 12.9. The summed E-state index contributed by atoms with van der Waals surface area (Å²) in [6, 6.07) is -0.999. The molecule has 0 aromatic heterocycles. The van der Waals surface area contributed by atoms with E-state index >= 15 is 0 Å². The van der Waals surface area contributed by atoms with Crippen LogP contribution in [0.4, 0.5) is 0 Å². The minimum absolute atomic E-state index is 0.362. The molecule has 0 aliphatic rings. The molecule has 55 heavy (non-hydrogen) atoms. The number of amides is 1. The van der Waals surface area contributed by atoms with Gasteiger partial charge in [-0.15, -0.1) is 0 Å². The van der Waals surface area contributed by atoms with Gasteiger partial charge in [0.25, 0.3) is 0 Å². The monoisotopic (exact) mass is 776 g/mol. The molecule has 6 nitrogen and oxygen atoms in total. The third-order valence-corrected chi connectivity index (χ3v) is 11.1. The standard InChI is InChI=1S/C49H93NO5/c1-3-5-7-9-11-13-14-15-16-17-18-19-20-21-22-23-24-25-26-27-28-29-30-31-32-33-35-37-39-41-43-47(53)49(55)50-45(44-51)48(54)46(52)42-40-38-36-34-12-10-8-6-4-2/h18-19,21-22,34,36,45-48,51-54H,3-17,20,23-33,35,37-44H2,1-2H3,(H,50,55)/b19-18-,22-21-,36-34+. The molecule has 4 unspecified atom stereocenters. The van der Waals surface area contributed by atoms with E-state index in [9.17, 15) is 25.2 Å². The summed E-state index contributed by atoms with van der Waals surface area (Å²) < 4.78 is 0. The molecule has 6 heteroatoms. The van der Waals surface area contributed by atoms with Gasteiger partial charge in [0.1, 0.15) is 12.2 Å². The molecule has 0 bridgehead atoms. The van der Waals surface area contributed by atoms with Crippen molar-refractivity contribution in [1.29, 1.82) is 0 Å². The van der Waals surface area contributed by atoms with Crippen molar-refractivity contribution in [2.24, 2.45) is 0 Å². The van der Waals surface area contributed by atoms with Crippen LogP contribution in [-0.2, 0) is 4.79 Å². The first-order chi connectivity index (χ1) is 27.0. The van der Waals surface area contributed by atoms with Crippen molar-refractivity contribution in [3.8, 4) is 0 Å². The maximum Gasteiger partial charge on any atom is 0.249 e. The van der Waals surface area contributed by atoms with Crippen molar-refractivity contribution >= 4 is 5.91 Å². The second-order valence-corrected chi connectivity index (χ2v) is 16.4. The quantitative estimate of drug-likeness (QED) is 0.0313. The summed E-state index contributed by atoms with van der Waals surface area (Å²) in [4.78, 5) is 12.5. The van der Waals surface area contributed by atoms with Crippen LogP contribution in [0.5, 0.6) is 0 Å². The number of hydrogen-bond donors (Lipinski definition) is 5. The zero-order valence-corrected chi connectivity index (χ0v) is 36.4. The molecule has 5 N–H and O–H groups in total. The van der Waals surface area contributed by atoms with Crippen molar-refractivity contribution < 1.29 is 25.2 Å². The van der Waals surface area contributed by atoms with Gasteiger partial charge in [-0.2, -0.15) is 0 Å². The molecule has 0 spiro atoms. The molecule has 0 fully saturated rings. The molecule has 0 saturated carbocycles. The lowest BCUT2D eigenvalue weighted by molar-refractivity contribution is -0.132. The number of carbonyl (C=O) groups excluding carboxylic acids is 1. The fraction of sp³-hybridized carbons (Fsp3) is 0.857. The third kappa shape index (κ3) is 37.8. The molecule has 0 aliphatic heterocycles. The molecule has 0 saturated heterocycles. The van der Waals surface area contributed by atoms with Crippen LogP contribution in [0, 0.1) is 0 Å². The van der Waals surface area contributed by atoms with Crippen LogP contribution < -0.4 is 5.32 Å². The topological polar surface area (TPSA) is 110 Å². The number of aliphatic hydroxyl groups is 4. The third-order valence-electron chi connectivity index (χ3n) is 11.1. The minimum atomic E-state index is -1.28. The van der Waals surface area contributed by atoms with E-state index in [0.29, 0.717) is 12.8 Å². The maximum absolute atomic E-state index is 12.5. The molecular formula is C49H93NO5. The van der Waals surface area contributed by atoms with Crippen LogP contribution in [0.25, 0.3) is 0 Å². The Morgan fingerprint density at radius 1 is 0.455 bits per heavy atom.